The van der Waals surface area contributed by atoms with Gasteiger partial charge in [-0.1, -0.05) is 37.1 Å². The average molecular weight is 206 g/mol. The van der Waals surface area contributed by atoms with Crippen LogP contribution in [-0.4, -0.2) is 5.75 Å². The fraction of sp³-hybridized carbons (Fsp3) is 0.538. The first kappa shape index (κ1) is 10.1. The third-order valence-corrected chi connectivity index (χ3v) is 3.43. The molecule has 1 aliphatic rings. The van der Waals surface area contributed by atoms with Crippen LogP contribution in [0, 0.1) is 0 Å². The van der Waals surface area contributed by atoms with Gasteiger partial charge in [-0.05, 0) is 42.1 Å². The minimum atomic E-state index is 0.847. The Bertz CT molecular complexity index is 270. The van der Waals surface area contributed by atoms with Gasteiger partial charge < -0.3 is 0 Å². The summed E-state index contributed by atoms with van der Waals surface area (Å²) in [7, 11) is 0. The Morgan fingerprint density at radius 2 is 1.71 bits per heavy atom. The lowest BCUT2D eigenvalue weighted by atomic mass is 9.96. The molecule has 1 heteroatoms. The smallest absolute Gasteiger partial charge is 0.00574 e. The van der Waals surface area contributed by atoms with Gasteiger partial charge in [0.25, 0.3) is 0 Å². The van der Waals surface area contributed by atoms with Gasteiger partial charge in [0.1, 0.15) is 0 Å². The maximum Gasteiger partial charge on any atom is -0.00574 e. The molecule has 76 valence electrons. The normalized spacial score (nSPS) is 17.5. The van der Waals surface area contributed by atoms with Gasteiger partial charge in [-0.25, -0.2) is 0 Å². The third kappa shape index (κ3) is 2.33. The number of thiol groups is 1. The number of hydrogen-bond donors (Lipinski definition) is 1. The second kappa shape index (κ2) is 4.88. The molecule has 1 fully saturated rings. The van der Waals surface area contributed by atoms with Crippen molar-refractivity contribution in [1.82, 2.24) is 0 Å². The maximum atomic E-state index is 4.25. The van der Waals surface area contributed by atoms with Crippen LogP contribution in [0.5, 0.6) is 0 Å². The zero-order valence-corrected chi connectivity index (χ0v) is 9.47. The SMILES string of the molecule is SCCc1ccc(C2CCCC2)cc1. The van der Waals surface area contributed by atoms with Crippen LogP contribution in [0.1, 0.15) is 42.7 Å². The zero-order chi connectivity index (χ0) is 9.80. The molecule has 0 spiro atoms. The molecule has 1 aromatic rings. The summed E-state index contributed by atoms with van der Waals surface area (Å²) in [6.45, 7) is 0. The summed E-state index contributed by atoms with van der Waals surface area (Å²) in [5.41, 5.74) is 2.96. The predicted octanol–water partition coefficient (Wildman–Crippen LogP) is 3.82. The fourth-order valence-electron chi connectivity index (χ4n) is 2.34. The minimum Gasteiger partial charge on any atom is -0.179 e. The lowest BCUT2D eigenvalue weighted by molar-refractivity contribution is 0.723. The third-order valence-electron chi connectivity index (χ3n) is 3.21. The Kier molecular flexibility index (Phi) is 3.52. The van der Waals surface area contributed by atoms with Crippen molar-refractivity contribution in [1.29, 1.82) is 0 Å². The summed E-state index contributed by atoms with van der Waals surface area (Å²) in [6.07, 6.45) is 6.72. The standard InChI is InChI=1S/C13H18S/c14-10-9-11-5-7-13(8-6-11)12-3-1-2-4-12/h5-8,12,14H,1-4,9-10H2. The molecule has 1 aliphatic carbocycles. The molecule has 0 aromatic heterocycles. The quantitative estimate of drug-likeness (QED) is 0.714. The lowest BCUT2D eigenvalue weighted by Gasteiger charge is -2.09. The van der Waals surface area contributed by atoms with E-state index in [1.807, 2.05) is 0 Å². The molecule has 0 heterocycles. The first-order valence-corrected chi connectivity index (χ1v) is 6.23. The molecule has 0 aliphatic heterocycles. The van der Waals surface area contributed by atoms with E-state index in [1.54, 1.807) is 5.56 Å². The van der Waals surface area contributed by atoms with E-state index in [-0.39, 0.29) is 0 Å². The van der Waals surface area contributed by atoms with E-state index in [9.17, 15) is 0 Å². The van der Waals surface area contributed by atoms with E-state index in [0.717, 1.165) is 18.1 Å². The highest BCUT2D eigenvalue weighted by Gasteiger charge is 2.16. The topological polar surface area (TPSA) is 0 Å². The van der Waals surface area contributed by atoms with Crippen LogP contribution in [0.25, 0.3) is 0 Å². The number of rotatable bonds is 3. The van der Waals surface area contributed by atoms with Crippen LogP contribution in [-0.2, 0) is 6.42 Å². The maximum absolute atomic E-state index is 4.25. The van der Waals surface area contributed by atoms with Crippen molar-refractivity contribution in [3.8, 4) is 0 Å². The van der Waals surface area contributed by atoms with Crippen molar-refractivity contribution in [2.75, 3.05) is 5.75 Å². The summed E-state index contributed by atoms with van der Waals surface area (Å²) >= 11 is 4.25. The molecule has 0 saturated heterocycles. The summed E-state index contributed by atoms with van der Waals surface area (Å²) in [5, 5.41) is 0. The van der Waals surface area contributed by atoms with E-state index in [2.05, 4.69) is 36.9 Å². The first-order valence-electron chi connectivity index (χ1n) is 5.60. The number of benzene rings is 1. The minimum absolute atomic E-state index is 0.847. The fourth-order valence-corrected chi connectivity index (χ4v) is 2.60. The zero-order valence-electron chi connectivity index (χ0n) is 8.58. The Hall–Kier alpha value is -0.430. The Morgan fingerprint density at radius 3 is 2.29 bits per heavy atom. The molecular weight excluding hydrogens is 188 g/mol. The lowest BCUT2D eigenvalue weighted by Crippen LogP contribution is -1.93. The monoisotopic (exact) mass is 206 g/mol. The highest BCUT2D eigenvalue weighted by Crippen LogP contribution is 2.33. The number of hydrogen-bond acceptors (Lipinski definition) is 1. The van der Waals surface area contributed by atoms with Crippen molar-refractivity contribution in [2.24, 2.45) is 0 Å². The second-order valence-corrected chi connectivity index (χ2v) is 4.64. The molecule has 0 atom stereocenters. The average Bonchev–Trinajstić information content (AvgIpc) is 2.72. The largest absolute Gasteiger partial charge is 0.179 e. The van der Waals surface area contributed by atoms with Gasteiger partial charge >= 0.3 is 0 Å². The van der Waals surface area contributed by atoms with Gasteiger partial charge in [0.05, 0.1) is 0 Å². The molecular formula is C13H18S. The van der Waals surface area contributed by atoms with Crippen molar-refractivity contribution in [2.45, 2.75) is 38.0 Å². The molecule has 1 aromatic carbocycles. The van der Waals surface area contributed by atoms with E-state index < -0.39 is 0 Å². The van der Waals surface area contributed by atoms with Crippen LogP contribution < -0.4 is 0 Å². The molecule has 0 unspecified atom stereocenters. The number of aryl methyl sites for hydroxylation is 1. The molecule has 2 rings (SSSR count). The van der Waals surface area contributed by atoms with Gasteiger partial charge in [0.15, 0.2) is 0 Å². The van der Waals surface area contributed by atoms with Crippen molar-refractivity contribution >= 4 is 12.6 Å². The van der Waals surface area contributed by atoms with Gasteiger partial charge in [-0.15, -0.1) is 0 Å². The summed E-state index contributed by atoms with van der Waals surface area (Å²) in [4.78, 5) is 0. The van der Waals surface area contributed by atoms with Crippen LogP contribution in [0.15, 0.2) is 24.3 Å². The Morgan fingerprint density at radius 1 is 1.07 bits per heavy atom. The van der Waals surface area contributed by atoms with E-state index in [0.29, 0.717) is 0 Å². The highest BCUT2D eigenvalue weighted by molar-refractivity contribution is 7.80. The van der Waals surface area contributed by atoms with Crippen molar-refractivity contribution < 1.29 is 0 Å². The van der Waals surface area contributed by atoms with Crippen LogP contribution >= 0.6 is 12.6 Å². The van der Waals surface area contributed by atoms with Gasteiger partial charge in [0, 0.05) is 0 Å². The van der Waals surface area contributed by atoms with Crippen LogP contribution in [0.3, 0.4) is 0 Å². The summed E-state index contributed by atoms with van der Waals surface area (Å²) in [5.74, 6) is 1.79. The Labute approximate surface area is 92.1 Å². The molecule has 14 heavy (non-hydrogen) atoms. The van der Waals surface area contributed by atoms with Crippen LogP contribution in [0.4, 0.5) is 0 Å². The van der Waals surface area contributed by atoms with Crippen molar-refractivity contribution in [3.63, 3.8) is 0 Å². The van der Waals surface area contributed by atoms with Crippen LogP contribution in [0.2, 0.25) is 0 Å². The molecule has 0 bridgehead atoms. The van der Waals surface area contributed by atoms with Crippen molar-refractivity contribution in [3.05, 3.63) is 35.4 Å². The van der Waals surface area contributed by atoms with Gasteiger partial charge in [-0.2, -0.15) is 12.6 Å². The molecule has 0 nitrogen and oxygen atoms in total. The second-order valence-electron chi connectivity index (χ2n) is 4.20. The summed E-state index contributed by atoms with van der Waals surface area (Å²) in [6, 6.07) is 9.16. The predicted molar refractivity (Wildman–Crippen MR) is 65.2 cm³/mol. The molecule has 1 saturated carbocycles. The molecule has 0 N–H and O–H groups in total. The van der Waals surface area contributed by atoms with E-state index >= 15 is 0 Å². The van der Waals surface area contributed by atoms with Gasteiger partial charge in [0.2, 0.25) is 0 Å². The summed E-state index contributed by atoms with van der Waals surface area (Å²) < 4.78 is 0. The van der Waals surface area contributed by atoms with E-state index in [1.165, 1.54) is 31.2 Å². The molecule has 0 radical (unpaired) electrons. The Balaban J connectivity index is 2.05. The first-order chi connectivity index (χ1) is 6.90. The molecule has 0 amide bonds. The highest BCUT2D eigenvalue weighted by atomic mass is 32.1. The van der Waals surface area contributed by atoms with E-state index in [4.69, 9.17) is 0 Å². The van der Waals surface area contributed by atoms with Gasteiger partial charge in [-0.3, -0.25) is 0 Å².